The van der Waals surface area contributed by atoms with E-state index in [0.717, 1.165) is 6.54 Å². The van der Waals surface area contributed by atoms with Crippen molar-refractivity contribution in [2.75, 3.05) is 11.4 Å². The van der Waals surface area contributed by atoms with Crippen LogP contribution in [0.25, 0.3) is 17.2 Å². The van der Waals surface area contributed by atoms with Gasteiger partial charge in [0.15, 0.2) is 0 Å². The van der Waals surface area contributed by atoms with Gasteiger partial charge < -0.3 is 4.90 Å². The van der Waals surface area contributed by atoms with Gasteiger partial charge in [-0.2, -0.15) is 0 Å². The van der Waals surface area contributed by atoms with Crippen molar-refractivity contribution in [3.8, 4) is 11.1 Å². The minimum atomic E-state index is 0.611. The highest BCUT2D eigenvalue weighted by Crippen LogP contribution is 2.40. The number of rotatable bonds is 6. The Morgan fingerprint density at radius 3 is 2.38 bits per heavy atom. The Morgan fingerprint density at radius 1 is 1.00 bits per heavy atom. The van der Waals surface area contributed by atoms with Crippen LogP contribution in [0, 0.1) is 13.8 Å². The quantitative estimate of drug-likeness (QED) is 0.475. The molecule has 0 unspecified atom stereocenters. The summed E-state index contributed by atoms with van der Waals surface area (Å²) in [6.45, 7) is 9.95. The fourth-order valence-corrected chi connectivity index (χ4v) is 4.70. The molecular weight excluding hydrogens is 382 g/mol. The lowest BCUT2D eigenvalue weighted by molar-refractivity contribution is 0.515. The highest BCUT2D eigenvalue weighted by molar-refractivity contribution is 9.11. The van der Waals surface area contributed by atoms with Crippen molar-refractivity contribution in [2.45, 2.75) is 59.4 Å². The number of halogens is 1. The molecule has 1 heterocycles. The summed E-state index contributed by atoms with van der Waals surface area (Å²) in [7, 11) is 0. The van der Waals surface area contributed by atoms with Crippen molar-refractivity contribution in [1.82, 2.24) is 0 Å². The van der Waals surface area contributed by atoms with Crippen LogP contribution in [0.15, 0.2) is 40.9 Å². The van der Waals surface area contributed by atoms with Gasteiger partial charge in [-0.05, 0) is 55.5 Å². The molecule has 138 valence electrons. The first-order valence-electron chi connectivity index (χ1n) is 9.88. The van der Waals surface area contributed by atoms with Gasteiger partial charge >= 0.3 is 0 Å². The van der Waals surface area contributed by atoms with E-state index in [1.165, 1.54) is 63.7 Å². The van der Waals surface area contributed by atoms with Crippen molar-refractivity contribution in [3.05, 3.63) is 57.6 Å². The van der Waals surface area contributed by atoms with Crippen molar-refractivity contribution in [1.29, 1.82) is 0 Å². The van der Waals surface area contributed by atoms with Gasteiger partial charge in [0.05, 0.1) is 0 Å². The Hall–Kier alpha value is -1.54. The zero-order valence-electron chi connectivity index (χ0n) is 16.5. The zero-order valence-corrected chi connectivity index (χ0v) is 18.1. The van der Waals surface area contributed by atoms with Crippen LogP contribution in [-0.2, 0) is 0 Å². The van der Waals surface area contributed by atoms with Crippen LogP contribution in [0.4, 0.5) is 5.69 Å². The predicted octanol–water partition coefficient (Wildman–Crippen LogP) is 7.50. The van der Waals surface area contributed by atoms with Crippen molar-refractivity contribution in [3.63, 3.8) is 0 Å². The van der Waals surface area contributed by atoms with E-state index >= 15 is 0 Å². The van der Waals surface area contributed by atoms with Gasteiger partial charge in [-0.1, -0.05) is 78.5 Å². The second-order valence-electron chi connectivity index (χ2n) is 7.51. The van der Waals surface area contributed by atoms with Gasteiger partial charge in [0, 0.05) is 28.3 Å². The molecule has 3 rings (SSSR count). The molecule has 0 bridgehead atoms. The Labute approximate surface area is 167 Å². The van der Waals surface area contributed by atoms with E-state index in [1.807, 2.05) is 0 Å². The Balaban J connectivity index is 2.11. The SMILES string of the molecule is CCCC(CCC)N1CC(Br)=Cc2c(-c3ccc(C)cc3C)cccc21. The molecule has 26 heavy (non-hydrogen) atoms. The summed E-state index contributed by atoms with van der Waals surface area (Å²) in [5.74, 6) is 0. The highest BCUT2D eigenvalue weighted by atomic mass is 79.9. The Morgan fingerprint density at radius 2 is 1.73 bits per heavy atom. The largest absolute Gasteiger partial charge is 0.363 e. The summed E-state index contributed by atoms with van der Waals surface area (Å²) in [5.41, 5.74) is 8.09. The summed E-state index contributed by atoms with van der Waals surface area (Å²) in [5, 5.41) is 0. The third kappa shape index (κ3) is 3.91. The summed E-state index contributed by atoms with van der Waals surface area (Å²) < 4.78 is 1.28. The minimum absolute atomic E-state index is 0.611. The summed E-state index contributed by atoms with van der Waals surface area (Å²) in [6.07, 6.45) is 7.29. The maximum Gasteiger partial charge on any atom is 0.0498 e. The number of benzene rings is 2. The molecule has 0 radical (unpaired) electrons. The van der Waals surface area contributed by atoms with Crippen LogP contribution >= 0.6 is 15.9 Å². The second kappa shape index (κ2) is 8.43. The second-order valence-corrected chi connectivity index (χ2v) is 8.53. The molecular formula is C24H30BrN. The Bertz CT molecular complexity index is 800. The van der Waals surface area contributed by atoms with Crippen molar-refractivity contribution < 1.29 is 0 Å². The molecule has 1 aliphatic rings. The topological polar surface area (TPSA) is 3.24 Å². The lowest BCUT2D eigenvalue weighted by atomic mass is 9.91. The van der Waals surface area contributed by atoms with Gasteiger partial charge in [0.2, 0.25) is 0 Å². The maximum absolute atomic E-state index is 3.83. The molecule has 2 aromatic carbocycles. The van der Waals surface area contributed by atoms with E-state index in [1.54, 1.807) is 0 Å². The lowest BCUT2D eigenvalue weighted by Gasteiger charge is -2.38. The molecule has 2 aromatic rings. The average Bonchev–Trinajstić information content (AvgIpc) is 2.61. The average molecular weight is 412 g/mol. The summed E-state index contributed by atoms with van der Waals surface area (Å²) in [4.78, 5) is 2.62. The number of fused-ring (bicyclic) bond motifs is 1. The fraction of sp³-hybridized carbons (Fsp3) is 0.417. The molecule has 0 saturated heterocycles. The van der Waals surface area contributed by atoms with Crippen LogP contribution in [0.1, 0.15) is 56.2 Å². The van der Waals surface area contributed by atoms with E-state index in [-0.39, 0.29) is 0 Å². The van der Waals surface area contributed by atoms with E-state index < -0.39 is 0 Å². The third-order valence-corrected chi connectivity index (χ3v) is 5.85. The first-order chi connectivity index (χ1) is 12.5. The molecule has 0 aliphatic carbocycles. The van der Waals surface area contributed by atoms with E-state index in [2.05, 4.69) is 91.0 Å². The highest BCUT2D eigenvalue weighted by Gasteiger charge is 2.25. The molecule has 2 heteroatoms. The molecule has 0 fully saturated rings. The predicted molar refractivity (Wildman–Crippen MR) is 119 cm³/mol. The van der Waals surface area contributed by atoms with Crippen LogP contribution in [0.2, 0.25) is 0 Å². The molecule has 1 aliphatic heterocycles. The molecule has 0 saturated carbocycles. The normalized spacial score (nSPS) is 13.8. The van der Waals surface area contributed by atoms with Gasteiger partial charge in [0.1, 0.15) is 0 Å². The van der Waals surface area contributed by atoms with Gasteiger partial charge in [-0.15, -0.1) is 0 Å². The van der Waals surface area contributed by atoms with E-state index in [4.69, 9.17) is 0 Å². The Kier molecular flexibility index (Phi) is 6.24. The molecule has 0 amide bonds. The number of anilines is 1. The van der Waals surface area contributed by atoms with E-state index in [0.29, 0.717) is 6.04 Å². The van der Waals surface area contributed by atoms with Crippen LogP contribution in [0.5, 0.6) is 0 Å². The monoisotopic (exact) mass is 411 g/mol. The maximum atomic E-state index is 3.83. The molecule has 0 spiro atoms. The van der Waals surface area contributed by atoms with Gasteiger partial charge in [-0.3, -0.25) is 0 Å². The van der Waals surface area contributed by atoms with Crippen LogP contribution in [0.3, 0.4) is 0 Å². The molecule has 1 nitrogen and oxygen atoms in total. The van der Waals surface area contributed by atoms with Crippen molar-refractivity contribution >= 4 is 27.7 Å². The number of hydrogen-bond acceptors (Lipinski definition) is 1. The first-order valence-corrected chi connectivity index (χ1v) is 10.7. The zero-order chi connectivity index (χ0) is 18.7. The first kappa shape index (κ1) is 19.2. The summed E-state index contributed by atoms with van der Waals surface area (Å²) in [6, 6.07) is 14.2. The standard InChI is InChI=1S/C24H30BrN/c1-5-8-20(9-6-2)26-16-19(25)15-23-22(10-7-11-24(23)26)21-13-12-17(3)14-18(21)4/h7,10-15,20H,5-6,8-9,16H2,1-4H3. The number of aryl methyl sites for hydroxylation is 2. The number of hydrogen-bond donors (Lipinski definition) is 0. The van der Waals surface area contributed by atoms with Crippen molar-refractivity contribution in [2.24, 2.45) is 0 Å². The van der Waals surface area contributed by atoms with E-state index in [9.17, 15) is 0 Å². The summed E-state index contributed by atoms with van der Waals surface area (Å²) >= 11 is 3.83. The van der Waals surface area contributed by atoms with Crippen LogP contribution in [-0.4, -0.2) is 12.6 Å². The molecule has 0 aromatic heterocycles. The third-order valence-electron chi connectivity index (χ3n) is 5.37. The molecule has 0 atom stereocenters. The van der Waals surface area contributed by atoms with Gasteiger partial charge in [0.25, 0.3) is 0 Å². The van der Waals surface area contributed by atoms with Crippen LogP contribution < -0.4 is 4.90 Å². The smallest absolute Gasteiger partial charge is 0.0498 e. The molecule has 0 N–H and O–H groups in total. The fourth-order valence-electron chi connectivity index (χ4n) is 4.20. The lowest BCUT2D eigenvalue weighted by Crippen LogP contribution is -2.38. The number of nitrogens with zero attached hydrogens (tertiary/aromatic N) is 1. The van der Waals surface area contributed by atoms with Gasteiger partial charge in [-0.25, -0.2) is 0 Å². The minimum Gasteiger partial charge on any atom is -0.363 e.